The van der Waals surface area contributed by atoms with Crippen LogP contribution < -0.4 is 14.8 Å². The molecule has 3 aromatic rings. The molecular weight excluding hydrogens is 484 g/mol. The molecule has 0 aliphatic carbocycles. The maximum atomic E-state index is 13.0. The molecule has 8 heteroatoms. The van der Waals surface area contributed by atoms with Gasteiger partial charge in [0.1, 0.15) is 17.3 Å². The smallest absolute Gasteiger partial charge is 0.263 e. The Morgan fingerprint density at radius 2 is 1.66 bits per heavy atom. The second-order valence-electron chi connectivity index (χ2n) is 9.45. The van der Waals surface area contributed by atoms with E-state index in [0.717, 1.165) is 11.1 Å². The van der Waals surface area contributed by atoms with Crippen LogP contribution in [0.4, 0.5) is 5.69 Å². The van der Waals surface area contributed by atoms with E-state index < -0.39 is 15.9 Å². The zero-order chi connectivity index (χ0) is 25.8. The average molecular weight is 515 g/mol. The molecule has 0 aliphatic rings. The molecule has 3 aromatic carbocycles. The third kappa shape index (κ3) is 6.99. The Bertz CT molecular complexity index is 1310. The van der Waals surface area contributed by atoms with Gasteiger partial charge in [-0.1, -0.05) is 62.2 Å². The number of carbonyl (C=O) groups excluding carboxylic acids is 1. The fourth-order valence-corrected chi connectivity index (χ4v) is 5.12. The van der Waals surface area contributed by atoms with Gasteiger partial charge in [-0.3, -0.25) is 9.52 Å². The number of halogens is 1. The molecule has 0 atom stereocenters. The van der Waals surface area contributed by atoms with Crippen LogP contribution in [-0.4, -0.2) is 27.5 Å². The van der Waals surface area contributed by atoms with Gasteiger partial charge < -0.3 is 10.1 Å². The zero-order valence-electron chi connectivity index (χ0n) is 20.6. The molecule has 186 valence electrons. The van der Waals surface area contributed by atoms with E-state index in [1.165, 1.54) is 23.8 Å². The van der Waals surface area contributed by atoms with Gasteiger partial charge in [-0.05, 0) is 66.8 Å². The van der Waals surface area contributed by atoms with Gasteiger partial charge in [0, 0.05) is 5.56 Å². The molecule has 0 fully saturated rings. The van der Waals surface area contributed by atoms with Crippen molar-refractivity contribution in [3.8, 4) is 5.75 Å². The van der Waals surface area contributed by atoms with Crippen LogP contribution in [0.25, 0.3) is 0 Å². The van der Waals surface area contributed by atoms with Gasteiger partial charge in [0.2, 0.25) is 0 Å². The molecule has 0 heterocycles. The van der Waals surface area contributed by atoms with E-state index in [1.807, 2.05) is 50.2 Å². The van der Waals surface area contributed by atoms with Crippen LogP contribution in [0, 0.1) is 13.8 Å². The number of hydrogen-bond acceptors (Lipinski definition) is 4. The number of hydrogen-bond donors (Lipinski definition) is 2. The van der Waals surface area contributed by atoms with Crippen LogP contribution in [0.2, 0.25) is 5.02 Å². The molecule has 0 aromatic heterocycles. The number of ether oxygens (including phenoxy) is 1. The number of benzene rings is 3. The summed E-state index contributed by atoms with van der Waals surface area (Å²) in [6.45, 7) is 10.7. The summed E-state index contributed by atoms with van der Waals surface area (Å²) in [5.74, 6) is 0.293. The van der Waals surface area contributed by atoms with E-state index in [-0.39, 0.29) is 34.0 Å². The van der Waals surface area contributed by atoms with Crippen LogP contribution in [0.5, 0.6) is 5.75 Å². The first-order valence-corrected chi connectivity index (χ1v) is 13.1. The summed E-state index contributed by atoms with van der Waals surface area (Å²) in [6.07, 6.45) is 0. The minimum Gasteiger partial charge on any atom is -0.492 e. The molecule has 35 heavy (non-hydrogen) atoms. The van der Waals surface area contributed by atoms with E-state index in [9.17, 15) is 13.2 Å². The van der Waals surface area contributed by atoms with E-state index in [1.54, 1.807) is 6.07 Å². The van der Waals surface area contributed by atoms with Crippen molar-refractivity contribution in [2.24, 2.45) is 0 Å². The summed E-state index contributed by atoms with van der Waals surface area (Å²) in [6, 6.07) is 17.4. The molecule has 3 rings (SSSR count). The molecule has 0 unspecified atom stereocenters. The van der Waals surface area contributed by atoms with Crippen LogP contribution in [-0.2, 0) is 15.4 Å². The van der Waals surface area contributed by atoms with Crippen molar-refractivity contribution >= 4 is 33.2 Å². The van der Waals surface area contributed by atoms with Gasteiger partial charge in [-0.15, -0.1) is 0 Å². The lowest BCUT2D eigenvalue weighted by atomic mass is 9.87. The quantitative estimate of drug-likeness (QED) is 0.368. The maximum Gasteiger partial charge on any atom is 0.263 e. The number of amides is 1. The Hall–Kier alpha value is -3.03. The predicted octanol–water partition coefficient (Wildman–Crippen LogP) is 5.86. The van der Waals surface area contributed by atoms with Crippen LogP contribution in [0.3, 0.4) is 0 Å². The molecule has 0 spiro atoms. The minimum atomic E-state index is -4.00. The van der Waals surface area contributed by atoms with Gasteiger partial charge >= 0.3 is 0 Å². The summed E-state index contributed by atoms with van der Waals surface area (Å²) in [5.41, 5.74) is 3.71. The van der Waals surface area contributed by atoms with Crippen LogP contribution in [0.15, 0.2) is 65.6 Å². The molecule has 0 saturated heterocycles. The summed E-state index contributed by atoms with van der Waals surface area (Å²) < 4.78 is 34.2. The van der Waals surface area contributed by atoms with E-state index in [2.05, 4.69) is 30.8 Å². The Labute approximate surface area is 212 Å². The Morgan fingerprint density at radius 3 is 2.29 bits per heavy atom. The monoisotopic (exact) mass is 514 g/mol. The summed E-state index contributed by atoms with van der Waals surface area (Å²) >= 11 is 6.18. The highest BCUT2D eigenvalue weighted by atomic mass is 35.5. The Morgan fingerprint density at radius 1 is 0.971 bits per heavy atom. The lowest BCUT2D eigenvalue weighted by Crippen LogP contribution is -2.28. The van der Waals surface area contributed by atoms with Crippen molar-refractivity contribution in [3.05, 3.63) is 87.9 Å². The largest absolute Gasteiger partial charge is 0.492 e. The predicted molar refractivity (Wildman–Crippen MR) is 141 cm³/mol. The molecule has 0 aliphatic heterocycles. The third-order valence-corrected chi connectivity index (χ3v) is 7.33. The highest BCUT2D eigenvalue weighted by Crippen LogP contribution is 2.27. The van der Waals surface area contributed by atoms with Crippen LogP contribution in [0.1, 0.15) is 47.8 Å². The second-order valence-corrected chi connectivity index (χ2v) is 11.5. The number of aryl methyl sites for hydroxylation is 2. The highest BCUT2D eigenvalue weighted by Gasteiger charge is 2.21. The number of rotatable bonds is 8. The molecule has 1 amide bonds. The molecular formula is C27H31ClN2O4S. The van der Waals surface area contributed by atoms with Crippen molar-refractivity contribution in [1.29, 1.82) is 0 Å². The molecule has 2 N–H and O–H groups in total. The van der Waals surface area contributed by atoms with Crippen molar-refractivity contribution in [2.45, 2.75) is 44.9 Å². The Kier molecular flexibility index (Phi) is 8.13. The maximum absolute atomic E-state index is 13.0. The lowest BCUT2D eigenvalue weighted by Gasteiger charge is -2.19. The average Bonchev–Trinajstić information content (AvgIpc) is 2.78. The number of carbonyl (C=O) groups is 1. The fraction of sp³-hybridized carbons (Fsp3) is 0.296. The Balaban J connectivity index is 1.62. The zero-order valence-corrected chi connectivity index (χ0v) is 22.2. The first-order valence-electron chi connectivity index (χ1n) is 11.3. The van der Waals surface area contributed by atoms with Crippen molar-refractivity contribution in [2.75, 3.05) is 17.9 Å². The number of nitrogens with one attached hydrogen (secondary N) is 2. The topological polar surface area (TPSA) is 84.5 Å². The molecule has 0 saturated carbocycles. The standard InChI is InChI=1S/C27H31ClN2O4S/c1-18-6-13-24(19(2)16-18)30-35(32,33)25-17-20(7-12-23(25)28)26(31)29-14-15-34-22-10-8-21(9-11-22)27(3,4)5/h6-13,16-17,30H,14-15H2,1-5H3,(H,29,31). The van der Waals surface area contributed by atoms with Gasteiger partial charge in [0.25, 0.3) is 15.9 Å². The first-order chi connectivity index (χ1) is 16.4. The number of anilines is 1. The van der Waals surface area contributed by atoms with Gasteiger partial charge in [-0.25, -0.2) is 8.42 Å². The van der Waals surface area contributed by atoms with E-state index in [4.69, 9.17) is 16.3 Å². The SMILES string of the molecule is Cc1ccc(NS(=O)(=O)c2cc(C(=O)NCCOc3ccc(C(C)(C)C)cc3)ccc2Cl)c(C)c1. The third-order valence-electron chi connectivity index (χ3n) is 5.49. The van der Waals surface area contributed by atoms with Crippen LogP contribution >= 0.6 is 11.6 Å². The van der Waals surface area contributed by atoms with Crippen molar-refractivity contribution in [3.63, 3.8) is 0 Å². The summed E-state index contributed by atoms with van der Waals surface area (Å²) in [4.78, 5) is 12.5. The summed E-state index contributed by atoms with van der Waals surface area (Å²) in [7, 11) is -4.00. The molecule has 6 nitrogen and oxygen atoms in total. The molecule has 0 radical (unpaired) electrons. The first kappa shape index (κ1) is 26.6. The van der Waals surface area contributed by atoms with Gasteiger partial charge in [0.15, 0.2) is 0 Å². The fourth-order valence-electron chi connectivity index (χ4n) is 3.47. The minimum absolute atomic E-state index is 0.0286. The normalized spacial score (nSPS) is 11.7. The lowest BCUT2D eigenvalue weighted by molar-refractivity contribution is 0.0946. The van der Waals surface area contributed by atoms with E-state index >= 15 is 0 Å². The molecule has 0 bridgehead atoms. The van der Waals surface area contributed by atoms with Gasteiger partial charge in [-0.2, -0.15) is 0 Å². The van der Waals surface area contributed by atoms with Crippen molar-refractivity contribution in [1.82, 2.24) is 5.32 Å². The van der Waals surface area contributed by atoms with Crippen molar-refractivity contribution < 1.29 is 17.9 Å². The van der Waals surface area contributed by atoms with Gasteiger partial charge in [0.05, 0.1) is 17.3 Å². The van der Waals surface area contributed by atoms with E-state index in [0.29, 0.717) is 11.4 Å². The summed E-state index contributed by atoms with van der Waals surface area (Å²) in [5, 5.41) is 2.77. The second kappa shape index (κ2) is 10.7. The number of sulfonamides is 1. The highest BCUT2D eigenvalue weighted by molar-refractivity contribution is 7.92.